The summed E-state index contributed by atoms with van der Waals surface area (Å²) in [6.07, 6.45) is 1.95. The van der Waals surface area contributed by atoms with Crippen LogP contribution in [0.1, 0.15) is 54.9 Å². The Bertz CT molecular complexity index is 1440. The van der Waals surface area contributed by atoms with Gasteiger partial charge in [-0.1, -0.05) is 43.7 Å². The van der Waals surface area contributed by atoms with Gasteiger partial charge in [0.05, 0.1) is 19.1 Å². The lowest BCUT2D eigenvalue weighted by Crippen LogP contribution is -2.22. The van der Waals surface area contributed by atoms with E-state index in [2.05, 4.69) is 13.0 Å². The summed E-state index contributed by atoms with van der Waals surface area (Å²) in [7, 11) is 0. The normalized spacial score (nSPS) is 14.0. The van der Waals surface area contributed by atoms with Gasteiger partial charge in [0.25, 0.3) is 0 Å². The number of nitrogens with zero attached hydrogens (tertiary/aromatic N) is 1. The monoisotopic (exact) mass is 542 g/mol. The van der Waals surface area contributed by atoms with Gasteiger partial charge in [-0.15, -0.1) is 0 Å². The third-order valence-corrected chi connectivity index (χ3v) is 6.52. The molecule has 1 unspecified atom stereocenters. The summed E-state index contributed by atoms with van der Waals surface area (Å²) in [5.41, 5.74) is 9.83. The summed E-state index contributed by atoms with van der Waals surface area (Å²) in [6, 6.07) is 18.6. The van der Waals surface area contributed by atoms with Crippen molar-refractivity contribution in [2.75, 3.05) is 19.8 Å². The first kappa shape index (κ1) is 28.4. The predicted octanol–water partition coefficient (Wildman–Crippen LogP) is 6.08. The van der Waals surface area contributed by atoms with Gasteiger partial charge in [-0.3, -0.25) is 0 Å². The summed E-state index contributed by atoms with van der Waals surface area (Å²) in [5.74, 6) is 1.49. The molecular weight excluding hydrogens is 508 g/mol. The number of para-hydroxylation sites is 1. The Morgan fingerprint density at radius 3 is 2.48 bits per heavy atom. The largest absolute Gasteiger partial charge is 0.490 e. The fraction of sp³-hybridized carbons (Fsp3) is 0.312. The number of esters is 1. The lowest BCUT2D eigenvalue weighted by Gasteiger charge is -2.27. The highest BCUT2D eigenvalue weighted by Crippen LogP contribution is 2.45. The molecule has 3 aromatic rings. The summed E-state index contributed by atoms with van der Waals surface area (Å²) in [5, 5.41) is 9.95. The molecule has 8 heteroatoms. The predicted molar refractivity (Wildman–Crippen MR) is 151 cm³/mol. The van der Waals surface area contributed by atoms with Crippen LogP contribution in [0, 0.1) is 25.2 Å². The lowest BCUT2D eigenvalue weighted by atomic mass is 9.83. The van der Waals surface area contributed by atoms with E-state index in [1.54, 1.807) is 18.2 Å². The molecule has 0 saturated heterocycles. The summed E-state index contributed by atoms with van der Waals surface area (Å²) >= 11 is 0. The highest BCUT2D eigenvalue weighted by molar-refractivity contribution is 5.74. The summed E-state index contributed by atoms with van der Waals surface area (Å²) in [4.78, 5) is 12.6. The van der Waals surface area contributed by atoms with Crippen molar-refractivity contribution in [1.29, 1.82) is 5.26 Å². The van der Waals surface area contributed by atoms with Crippen molar-refractivity contribution in [2.24, 2.45) is 5.73 Å². The lowest BCUT2D eigenvalue weighted by molar-refractivity contribution is -0.136. The molecule has 1 aliphatic rings. The molecule has 0 spiro atoms. The van der Waals surface area contributed by atoms with Crippen molar-refractivity contribution in [3.8, 4) is 34.8 Å². The molecule has 3 aromatic carbocycles. The number of hydrogen-bond acceptors (Lipinski definition) is 8. The van der Waals surface area contributed by atoms with Gasteiger partial charge in [-0.2, -0.15) is 5.26 Å². The molecule has 0 aromatic heterocycles. The minimum Gasteiger partial charge on any atom is -0.490 e. The number of fused-ring (bicyclic) bond motifs is 1. The van der Waals surface area contributed by atoms with Gasteiger partial charge in [-0.25, -0.2) is 4.79 Å². The molecule has 0 radical (unpaired) electrons. The second-order valence-corrected chi connectivity index (χ2v) is 9.45. The van der Waals surface area contributed by atoms with Crippen LogP contribution in [-0.2, 0) is 4.79 Å². The van der Waals surface area contributed by atoms with Crippen LogP contribution in [-0.4, -0.2) is 25.8 Å². The van der Waals surface area contributed by atoms with Gasteiger partial charge in [0.15, 0.2) is 18.1 Å². The van der Waals surface area contributed by atoms with Gasteiger partial charge in [-0.05, 0) is 62.1 Å². The third kappa shape index (κ3) is 6.32. The van der Waals surface area contributed by atoms with Gasteiger partial charge >= 0.3 is 5.97 Å². The highest BCUT2D eigenvalue weighted by atomic mass is 16.6. The van der Waals surface area contributed by atoms with E-state index in [1.807, 2.05) is 57.2 Å². The van der Waals surface area contributed by atoms with E-state index < -0.39 is 11.9 Å². The van der Waals surface area contributed by atoms with Crippen molar-refractivity contribution in [1.82, 2.24) is 0 Å². The second-order valence-electron chi connectivity index (χ2n) is 9.45. The molecule has 1 atom stereocenters. The molecule has 0 bridgehead atoms. The number of nitriles is 1. The average molecular weight is 543 g/mol. The van der Waals surface area contributed by atoms with Gasteiger partial charge in [0, 0.05) is 11.6 Å². The number of aryl methyl sites for hydroxylation is 2. The van der Waals surface area contributed by atoms with Crippen molar-refractivity contribution >= 4 is 5.97 Å². The number of carbonyl (C=O) groups excluding carboxylic acids is 1. The summed E-state index contributed by atoms with van der Waals surface area (Å²) < 4.78 is 28.8. The Labute approximate surface area is 234 Å². The standard InChI is InChI=1S/C32H34N2O6/c1-5-7-15-37-26-14-11-22(16-28(26)36-6-2)30-24-13-12-23(17-27(24)40-32(34)25(30)18-33)39-29(35)19-38-31-20(3)9-8-10-21(31)4/h8-14,16-17,30H,5-7,15,19,34H2,1-4H3. The number of hydrogen-bond donors (Lipinski definition) is 1. The zero-order valence-corrected chi connectivity index (χ0v) is 23.3. The second kappa shape index (κ2) is 12.9. The minimum absolute atomic E-state index is 0.0110. The van der Waals surface area contributed by atoms with Crippen molar-refractivity contribution in [3.05, 3.63) is 88.3 Å². The quantitative estimate of drug-likeness (QED) is 0.176. The molecule has 0 aliphatic carbocycles. The number of unbranched alkanes of at least 4 members (excludes halogenated alkanes) is 1. The van der Waals surface area contributed by atoms with E-state index in [4.69, 9.17) is 29.4 Å². The van der Waals surface area contributed by atoms with E-state index >= 15 is 0 Å². The van der Waals surface area contributed by atoms with E-state index in [1.165, 1.54) is 0 Å². The van der Waals surface area contributed by atoms with Crippen LogP contribution in [0.25, 0.3) is 0 Å². The van der Waals surface area contributed by atoms with Crippen LogP contribution in [0.2, 0.25) is 0 Å². The van der Waals surface area contributed by atoms with Crippen molar-refractivity contribution < 1.29 is 28.5 Å². The van der Waals surface area contributed by atoms with Gasteiger partial charge in [0.2, 0.25) is 5.88 Å². The maximum atomic E-state index is 12.6. The van der Waals surface area contributed by atoms with E-state index in [9.17, 15) is 10.1 Å². The Hall–Kier alpha value is -4.64. The molecule has 4 rings (SSSR count). The summed E-state index contributed by atoms with van der Waals surface area (Å²) in [6.45, 7) is 8.64. The van der Waals surface area contributed by atoms with E-state index in [0.29, 0.717) is 41.8 Å². The van der Waals surface area contributed by atoms with Crippen LogP contribution < -0.4 is 29.4 Å². The van der Waals surface area contributed by atoms with Crippen molar-refractivity contribution in [3.63, 3.8) is 0 Å². The third-order valence-electron chi connectivity index (χ3n) is 6.52. The Balaban J connectivity index is 1.58. The number of rotatable bonds is 11. The maximum absolute atomic E-state index is 12.6. The van der Waals surface area contributed by atoms with Crippen LogP contribution in [0.4, 0.5) is 0 Å². The maximum Gasteiger partial charge on any atom is 0.349 e. The number of carbonyl (C=O) groups is 1. The molecular formula is C32H34N2O6. The zero-order chi connectivity index (χ0) is 28.6. The molecule has 0 saturated carbocycles. The Morgan fingerprint density at radius 2 is 1.77 bits per heavy atom. The Kier molecular flexibility index (Phi) is 9.18. The average Bonchev–Trinajstić information content (AvgIpc) is 2.93. The highest BCUT2D eigenvalue weighted by Gasteiger charge is 2.32. The minimum atomic E-state index is -0.559. The molecule has 208 valence electrons. The van der Waals surface area contributed by atoms with E-state index in [-0.39, 0.29) is 23.8 Å². The van der Waals surface area contributed by atoms with Crippen LogP contribution in [0.3, 0.4) is 0 Å². The zero-order valence-electron chi connectivity index (χ0n) is 23.3. The molecule has 1 aliphatic heterocycles. The number of ether oxygens (including phenoxy) is 5. The molecule has 40 heavy (non-hydrogen) atoms. The Morgan fingerprint density at radius 1 is 1.00 bits per heavy atom. The number of nitrogens with two attached hydrogens (primary N) is 1. The smallest absolute Gasteiger partial charge is 0.349 e. The van der Waals surface area contributed by atoms with E-state index in [0.717, 1.165) is 29.5 Å². The van der Waals surface area contributed by atoms with Gasteiger partial charge < -0.3 is 29.4 Å². The first-order valence-electron chi connectivity index (χ1n) is 13.4. The first-order chi connectivity index (χ1) is 19.4. The van der Waals surface area contributed by atoms with Crippen LogP contribution in [0.15, 0.2) is 66.1 Å². The fourth-order valence-electron chi connectivity index (χ4n) is 4.58. The topological polar surface area (TPSA) is 113 Å². The molecule has 0 fully saturated rings. The molecule has 1 heterocycles. The van der Waals surface area contributed by atoms with Crippen LogP contribution in [0.5, 0.6) is 28.7 Å². The first-order valence-corrected chi connectivity index (χ1v) is 13.4. The SMILES string of the molecule is CCCCOc1ccc(C2C(C#N)=C(N)Oc3cc(OC(=O)COc4c(C)cccc4C)ccc32)cc1OCC. The molecule has 2 N–H and O–H groups in total. The number of allylic oxidation sites excluding steroid dienone is 1. The van der Waals surface area contributed by atoms with Crippen molar-refractivity contribution in [2.45, 2.75) is 46.5 Å². The fourth-order valence-corrected chi connectivity index (χ4v) is 4.58. The number of benzene rings is 3. The molecule has 8 nitrogen and oxygen atoms in total. The molecule has 0 amide bonds. The van der Waals surface area contributed by atoms with Crippen LogP contribution >= 0.6 is 0 Å². The van der Waals surface area contributed by atoms with Gasteiger partial charge in [0.1, 0.15) is 28.9 Å².